The molecule has 0 saturated heterocycles. The van der Waals surface area contributed by atoms with E-state index in [0.717, 1.165) is 0 Å². The highest BCUT2D eigenvalue weighted by molar-refractivity contribution is 5.76. The summed E-state index contributed by atoms with van der Waals surface area (Å²) < 4.78 is 5.12. The van der Waals surface area contributed by atoms with Crippen molar-refractivity contribution in [2.24, 2.45) is 5.92 Å². The van der Waals surface area contributed by atoms with Gasteiger partial charge >= 0.3 is 5.97 Å². The molecule has 0 aromatic heterocycles. The second-order valence-electron chi connectivity index (χ2n) is 5.71. The largest absolute Gasteiger partial charge is 0.459 e. The molecule has 0 spiro atoms. The third-order valence-corrected chi connectivity index (χ3v) is 1.93. The second-order valence-corrected chi connectivity index (χ2v) is 5.71. The molecule has 1 amide bonds. The van der Waals surface area contributed by atoms with E-state index in [-0.39, 0.29) is 18.4 Å². The van der Waals surface area contributed by atoms with Gasteiger partial charge < -0.3 is 15.4 Å². The summed E-state index contributed by atoms with van der Waals surface area (Å²) in [4.78, 5) is 22.7. The lowest BCUT2D eigenvalue weighted by Gasteiger charge is -2.19. The molecule has 0 aromatic carbocycles. The van der Waals surface area contributed by atoms with E-state index in [9.17, 15) is 9.59 Å². The summed E-state index contributed by atoms with van der Waals surface area (Å²) in [5.74, 6) is 0.147. The molecule has 106 valence electrons. The molecule has 0 rings (SSSR count). The minimum absolute atomic E-state index is 0.000360. The van der Waals surface area contributed by atoms with Gasteiger partial charge in [0, 0.05) is 19.5 Å². The van der Waals surface area contributed by atoms with Crippen LogP contribution in [0, 0.1) is 5.92 Å². The van der Waals surface area contributed by atoms with Crippen molar-refractivity contribution in [1.82, 2.24) is 10.6 Å². The van der Waals surface area contributed by atoms with Crippen molar-refractivity contribution in [2.45, 2.75) is 46.6 Å². The van der Waals surface area contributed by atoms with E-state index in [1.807, 2.05) is 34.6 Å². The number of carbonyl (C=O) groups excluding carboxylic acids is 2. The predicted octanol–water partition coefficient (Wildman–Crippen LogP) is 1.08. The van der Waals surface area contributed by atoms with Crippen molar-refractivity contribution >= 4 is 11.9 Å². The lowest BCUT2D eigenvalue weighted by molar-refractivity contribution is -0.153. The quantitative estimate of drug-likeness (QED) is 0.530. The Balaban J connectivity index is 3.56. The molecule has 18 heavy (non-hydrogen) atoms. The monoisotopic (exact) mass is 258 g/mol. The molecule has 0 aromatic rings. The third kappa shape index (κ3) is 11.4. The Morgan fingerprint density at radius 2 is 1.83 bits per heavy atom. The van der Waals surface area contributed by atoms with E-state index >= 15 is 0 Å². The first-order chi connectivity index (χ1) is 8.20. The highest BCUT2D eigenvalue weighted by Gasteiger charge is 2.15. The standard InChI is InChI=1S/C13H26N2O3/c1-10(2)8-15-11(16)6-7-14-9-12(17)18-13(3,4)5/h10,14H,6-9H2,1-5H3,(H,15,16). The van der Waals surface area contributed by atoms with Crippen molar-refractivity contribution in [1.29, 1.82) is 0 Å². The Morgan fingerprint density at radius 1 is 1.22 bits per heavy atom. The fourth-order valence-electron chi connectivity index (χ4n) is 1.18. The molecule has 0 unspecified atom stereocenters. The van der Waals surface area contributed by atoms with Crippen molar-refractivity contribution in [2.75, 3.05) is 19.6 Å². The van der Waals surface area contributed by atoms with Crippen LogP contribution in [0.25, 0.3) is 0 Å². The minimum Gasteiger partial charge on any atom is -0.459 e. The maximum atomic E-state index is 11.4. The first kappa shape index (κ1) is 16.9. The molecule has 5 nitrogen and oxygen atoms in total. The minimum atomic E-state index is -0.465. The van der Waals surface area contributed by atoms with E-state index in [1.54, 1.807) is 0 Å². The van der Waals surface area contributed by atoms with Crippen LogP contribution in [0.4, 0.5) is 0 Å². The summed E-state index contributed by atoms with van der Waals surface area (Å²) in [5.41, 5.74) is -0.465. The summed E-state index contributed by atoms with van der Waals surface area (Å²) in [6, 6.07) is 0. The smallest absolute Gasteiger partial charge is 0.320 e. The number of ether oxygens (including phenoxy) is 1. The molecule has 0 aliphatic carbocycles. The van der Waals surface area contributed by atoms with Gasteiger partial charge in [-0.15, -0.1) is 0 Å². The summed E-state index contributed by atoms with van der Waals surface area (Å²) >= 11 is 0. The van der Waals surface area contributed by atoms with E-state index in [0.29, 0.717) is 25.4 Å². The normalized spacial score (nSPS) is 11.4. The molecule has 5 heteroatoms. The summed E-state index contributed by atoms with van der Waals surface area (Å²) in [7, 11) is 0. The SMILES string of the molecule is CC(C)CNC(=O)CCNCC(=O)OC(C)(C)C. The van der Waals surface area contributed by atoms with Crippen LogP contribution < -0.4 is 10.6 Å². The van der Waals surface area contributed by atoms with Gasteiger partial charge in [-0.05, 0) is 26.7 Å². The van der Waals surface area contributed by atoms with Crippen molar-refractivity contribution in [3.63, 3.8) is 0 Å². The molecule has 0 bridgehead atoms. The van der Waals surface area contributed by atoms with Gasteiger partial charge in [0.2, 0.25) is 5.91 Å². The molecule has 0 fully saturated rings. The zero-order chi connectivity index (χ0) is 14.2. The molecule has 0 heterocycles. The van der Waals surface area contributed by atoms with Gasteiger partial charge in [-0.1, -0.05) is 13.8 Å². The Labute approximate surface area is 110 Å². The molecule has 0 radical (unpaired) electrons. The van der Waals surface area contributed by atoms with Crippen LogP contribution in [0.5, 0.6) is 0 Å². The van der Waals surface area contributed by atoms with Crippen molar-refractivity contribution in [3.8, 4) is 0 Å². The second kappa shape index (κ2) is 8.08. The maximum absolute atomic E-state index is 11.4. The highest BCUT2D eigenvalue weighted by atomic mass is 16.6. The van der Waals surface area contributed by atoms with Crippen LogP contribution in [0.2, 0.25) is 0 Å². The van der Waals surface area contributed by atoms with Gasteiger partial charge in [-0.2, -0.15) is 0 Å². The van der Waals surface area contributed by atoms with Crippen LogP contribution in [0.1, 0.15) is 41.0 Å². The molecule has 2 N–H and O–H groups in total. The van der Waals surface area contributed by atoms with E-state index in [4.69, 9.17) is 4.74 Å². The van der Waals surface area contributed by atoms with Gasteiger partial charge in [0.15, 0.2) is 0 Å². The number of carbonyl (C=O) groups is 2. The predicted molar refractivity (Wildman–Crippen MR) is 71.2 cm³/mol. The van der Waals surface area contributed by atoms with Crippen LogP contribution in [-0.4, -0.2) is 37.1 Å². The van der Waals surface area contributed by atoms with Crippen molar-refractivity contribution in [3.05, 3.63) is 0 Å². The molecular formula is C13H26N2O3. The van der Waals surface area contributed by atoms with Crippen LogP contribution in [0.3, 0.4) is 0 Å². The van der Waals surface area contributed by atoms with Gasteiger partial charge in [0.05, 0.1) is 6.54 Å². The number of amides is 1. The number of nitrogens with one attached hydrogen (secondary N) is 2. The molecule has 0 saturated carbocycles. The first-order valence-electron chi connectivity index (χ1n) is 6.40. The van der Waals surface area contributed by atoms with Gasteiger partial charge in [-0.25, -0.2) is 0 Å². The third-order valence-electron chi connectivity index (χ3n) is 1.93. The zero-order valence-electron chi connectivity index (χ0n) is 12.1. The van der Waals surface area contributed by atoms with Gasteiger partial charge in [-0.3, -0.25) is 9.59 Å². The Hall–Kier alpha value is -1.10. The fraction of sp³-hybridized carbons (Fsp3) is 0.846. The highest BCUT2D eigenvalue weighted by Crippen LogP contribution is 2.06. The molecule has 0 atom stereocenters. The fourth-order valence-corrected chi connectivity index (χ4v) is 1.18. The lowest BCUT2D eigenvalue weighted by Crippen LogP contribution is -2.34. The van der Waals surface area contributed by atoms with Crippen molar-refractivity contribution < 1.29 is 14.3 Å². The average Bonchev–Trinajstić information content (AvgIpc) is 2.19. The average molecular weight is 258 g/mol. The lowest BCUT2D eigenvalue weighted by atomic mass is 10.2. The molecular weight excluding hydrogens is 232 g/mol. The van der Waals surface area contributed by atoms with Crippen LogP contribution >= 0.6 is 0 Å². The Morgan fingerprint density at radius 3 is 2.33 bits per heavy atom. The van der Waals surface area contributed by atoms with Gasteiger partial charge in [0.1, 0.15) is 5.60 Å². The number of esters is 1. The van der Waals surface area contributed by atoms with E-state index < -0.39 is 5.60 Å². The Bertz CT molecular complexity index is 270. The Kier molecular flexibility index (Phi) is 7.59. The number of rotatable bonds is 7. The van der Waals surface area contributed by atoms with Crippen LogP contribution in [0.15, 0.2) is 0 Å². The van der Waals surface area contributed by atoms with E-state index in [2.05, 4.69) is 10.6 Å². The maximum Gasteiger partial charge on any atom is 0.320 e. The van der Waals surface area contributed by atoms with Crippen LogP contribution in [-0.2, 0) is 14.3 Å². The summed E-state index contributed by atoms with van der Waals surface area (Å²) in [6.07, 6.45) is 0.371. The molecule has 0 aliphatic heterocycles. The molecule has 0 aliphatic rings. The topological polar surface area (TPSA) is 67.4 Å². The number of hydrogen-bond donors (Lipinski definition) is 2. The number of hydrogen-bond acceptors (Lipinski definition) is 4. The zero-order valence-corrected chi connectivity index (χ0v) is 12.1. The van der Waals surface area contributed by atoms with Gasteiger partial charge in [0.25, 0.3) is 0 Å². The van der Waals surface area contributed by atoms with E-state index in [1.165, 1.54) is 0 Å². The summed E-state index contributed by atoms with van der Waals surface area (Å²) in [6.45, 7) is 10.9. The summed E-state index contributed by atoms with van der Waals surface area (Å²) in [5, 5.41) is 5.70. The first-order valence-corrected chi connectivity index (χ1v) is 6.40.